The van der Waals surface area contributed by atoms with Gasteiger partial charge in [0.1, 0.15) is 0 Å². The molecule has 0 unspecified atom stereocenters. The van der Waals surface area contributed by atoms with Crippen LogP contribution in [-0.4, -0.2) is 60.3 Å². The second kappa shape index (κ2) is 8.08. The third-order valence-corrected chi connectivity index (χ3v) is 6.75. The Morgan fingerprint density at radius 3 is 2.82 bits per heavy atom. The Bertz CT molecular complexity index is 1360. The molecule has 34 heavy (non-hydrogen) atoms. The quantitative estimate of drug-likeness (QED) is 0.459. The number of nitrogens with zero attached hydrogens (tertiary/aromatic N) is 7. The number of hydrogen-bond donors (Lipinski definition) is 2. The van der Waals surface area contributed by atoms with Crippen LogP contribution in [0, 0.1) is 5.82 Å². The fourth-order valence-corrected chi connectivity index (χ4v) is 4.43. The van der Waals surface area contributed by atoms with Crippen LogP contribution >= 0.6 is 0 Å². The molecular weight excluding hydrogens is 439 g/mol. The van der Waals surface area contributed by atoms with Crippen LogP contribution in [0.4, 0.5) is 16.0 Å². The van der Waals surface area contributed by atoms with Crippen molar-refractivity contribution in [1.29, 1.82) is 0 Å². The van der Waals surface area contributed by atoms with Crippen LogP contribution in [-0.2, 0) is 0 Å². The molecule has 1 saturated heterocycles. The molecule has 1 aromatic carbocycles. The Hall–Kier alpha value is -3.47. The van der Waals surface area contributed by atoms with Crippen molar-refractivity contribution >= 4 is 28.2 Å². The minimum atomic E-state index is -0.881. The largest absolute Gasteiger partial charge is 0.494 e. The molecule has 5 rings (SSSR count). The fourth-order valence-electron chi connectivity index (χ4n) is 4.43. The minimum Gasteiger partial charge on any atom is -0.494 e. The first kappa shape index (κ1) is 22.3. The van der Waals surface area contributed by atoms with E-state index in [2.05, 4.69) is 20.1 Å². The first-order valence-electron chi connectivity index (χ1n) is 11.4. The van der Waals surface area contributed by atoms with Gasteiger partial charge in [0.15, 0.2) is 23.0 Å². The maximum atomic E-state index is 14.4. The number of halogens is 1. The maximum Gasteiger partial charge on any atom is 0.223 e. The average Bonchev–Trinajstić information content (AvgIpc) is 3.47. The van der Waals surface area contributed by atoms with Crippen LogP contribution in [0.2, 0.25) is 0 Å². The summed E-state index contributed by atoms with van der Waals surface area (Å²) in [5.74, 6) is 0.518. The van der Waals surface area contributed by atoms with E-state index in [9.17, 15) is 9.50 Å². The summed E-state index contributed by atoms with van der Waals surface area (Å²) in [6, 6.07) is 2.72. The van der Waals surface area contributed by atoms with Crippen molar-refractivity contribution in [3.63, 3.8) is 0 Å². The topological polar surface area (TPSA) is 120 Å². The zero-order valence-corrected chi connectivity index (χ0v) is 19.7. The maximum absolute atomic E-state index is 14.4. The van der Waals surface area contributed by atoms with Crippen molar-refractivity contribution in [2.75, 3.05) is 30.8 Å². The van der Waals surface area contributed by atoms with E-state index in [1.54, 1.807) is 18.5 Å². The lowest BCUT2D eigenvalue weighted by atomic mass is 9.97. The van der Waals surface area contributed by atoms with Crippen molar-refractivity contribution < 1.29 is 14.2 Å². The van der Waals surface area contributed by atoms with Gasteiger partial charge < -0.3 is 20.5 Å². The highest BCUT2D eigenvalue weighted by Crippen LogP contribution is 2.32. The Morgan fingerprint density at radius 2 is 2.09 bits per heavy atom. The number of rotatable bonds is 5. The summed E-state index contributed by atoms with van der Waals surface area (Å²) in [4.78, 5) is 11.4. The number of benzene rings is 1. The van der Waals surface area contributed by atoms with Crippen LogP contribution in [0.25, 0.3) is 16.6 Å². The monoisotopic (exact) mass is 468 g/mol. The number of piperidine rings is 1. The molecule has 180 valence electrons. The Morgan fingerprint density at radius 1 is 1.29 bits per heavy atom. The van der Waals surface area contributed by atoms with Crippen LogP contribution in [0.15, 0.2) is 24.5 Å². The lowest BCUT2D eigenvalue weighted by molar-refractivity contribution is 0.0258. The van der Waals surface area contributed by atoms with E-state index in [4.69, 9.17) is 15.5 Å². The van der Waals surface area contributed by atoms with E-state index in [1.165, 1.54) is 23.8 Å². The Labute approximate surface area is 196 Å². The molecular formula is C23H29FN8O2. The Kier molecular flexibility index (Phi) is 5.31. The van der Waals surface area contributed by atoms with Gasteiger partial charge in [-0.25, -0.2) is 14.4 Å². The summed E-state index contributed by atoms with van der Waals surface area (Å²) in [5.41, 5.74) is 7.24. The normalized spacial score (nSPS) is 18.1. The number of methoxy groups -OCH3 is 1. The number of aromatic nitrogens is 6. The average molecular weight is 469 g/mol. The molecule has 1 fully saturated rings. The summed E-state index contributed by atoms with van der Waals surface area (Å²) in [5, 5.41) is 20.0. The minimum absolute atomic E-state index is 0.0706. The number of hydrogen-bond acceptors (Lipinski definition) is 8. The highest BCUT2D eigenvalue weighted by Gasteiger charge is 2.29. The van der Waals surface area contributed by atoms with Crippen LogP contribution in [0.3, 0.4) is 0 Å². The zero-order chi connectivity index (χ0) is 24.2. The van der Waals surface area contributed by atoms with Gasteiger partial charge in [0.2, 0.25) is 5.95 Å². The standard InChI is InChI=1S/C23H29FN8O2/c1-13(23(2,3)33)31-12-15(10-26-31)30-7-5-6-14(11-30)20-28-21-16-8-17(24)19(34-4)9-18(16)27-22(25)32(21)29-20/h8-10,12-14,33H,5-7,11H2,1-4H3,(H2,25,27)/t13-,14+/m0/s1. The zero-order valence-electron chi connectivity index (χ0n) is 19.7. The van der Waals surface area contributed by atoms with Gasteiger partial charge in [0.25, 0.3) is 0 Å². The molecule has 3 aromatic heterocycles. The van der Waals surface area contributed by atoms with Crippen molar-refractivity contribution in [2.24, 2.45) is 0 Å². The highest BCUT2D eigenvalue weighted by molar-refractivity contribution is 5.93. The summed E-state index contributed by atoms with van der Waals surface area (Å²) in [7, 11) is 1.41. The predicted molar refractivity (Wildman–Crippen MR) is 127 cm³/mol. The molecule has 0 aliphatic carbocycles. The van der Waals surface area contributed by atoms with E-state index >= 15 is 0 Å². The first-order valence-corrected chi connectivity index (χ1v) is 11.4. The fraction of sp³-hybridized carbons (Fsp3) is 0.478. The van der Waals surface area contributed by atoms with E-state index in [0.29, 0.717) is 28.9 Å². The van der Waals surface area contributed by atoms with E-state index < -0.39 is 11.4 Å². The van der Waals surface area contributed by atoms with E-state index in [-0.39, 0.29) is 23.7 Å². The SMILES string of the molecule is COc1cc2nc(N)n3nc([C@@H]4CCCN(c5cnn([C@@H](C)C(C)(C)O)c5)C4)nc3c2cc1F. The number of anilines is 2. The molecule has 0 bridgehead atoms. The summed E-state index contributed by atoms with van der Waals surface area (Å²) in [6.07, 6.45) is 5.68. The van der Waals surface area contributed by atoms with Crippen LogP contribution in [0.1, 0.15) is 51.4 Å². The van der Waals surface area contributed by atoms with Gasteiger partial charge in [0.05, 0.1) is 36.2 Å². The molecule has 3 N–H and O–H groups in total. The van der Waals surface area contributed by atoms with Gasteiger partial charge in [-0.2, -0.15) is 9.61 Å². The van der Waals surface area contributed by atoms with Crippen molar-refractivity contribution in [2.45, 2.75) is 51.2 Å². The van der Waals surface area contributed by atoms with Gasteiger partial charge in [-0.15, -0.1) is 5.10 Å². The molecule has 0 spiro atoms. The Balaban J connectivity index is 1.46. The van der Waals surface area contributed by atoms with Crippen LogP contribution < -0.4 is 15.4 Å². The lowest BCUT2D eigenvalue weighted by Crippen LogP contribution is -2.34. The summed E-state index contributed by atoms with van der Waals surface area (Å²) in [6.45, 7) is 7.10. The van der Waals surface area contributed by atoms with Gasteiger partial charge in [-0.1, -0.05) is 0 Å². The number of ether oxygens (including phenoxy) is 1. The van der Waals surface area contributed by atoms with Crippen LogP contribution in [0.5, 0.6) is 5.75 Å². The number of nitrogens with two attached hydrogens (primary N) is 1. The molecule has 1 aliphatic heterocycles. The number of fused-ring (bicyclic) bond motifs is 3. The van der Waals surface area contributed by atoms with Crippen molar-refractivity contribution in [3.05, 3.63) is 36.2 Å². The van der Waals surface area contributed by atoms with Crippen molar-refractivity contribution in [3.8, 4) is 5.75 Å². The lowest BCUT2D eigenvalue weighted by Gasteiger charge is -2.32. The summed E-state index contributed by atoms with van der Waals surface area (Å²) >= 11 is 0. The molecule has 0 amide bonds. The molecule has 4 heterocycles. The first-order chi connectivity index (χ1) is 16.2. The van der Waals surface area contributed by atoms with Crippen molar-refractivity contribution in [1.82, 2.24) is 29.4 Å². The molecule has 10 nitrogen and oxygen atoms in total. The molecule has 4 aromatic rings. The third kappa shape index (κ3) is 3.79. The third-order valence-electron chi connectivity index (χ3n) is 6.75. The molecule has 0 radical (unpaired) electrons. The number of nitrogen functional groups attached to an aromatic ring is 1. The van der Waals surface area contributed by atoms with Gasteiger partial charge >= 0.3 is 0 Å². The molecule has 1 aliphatic rings. The molecule has 11 heteroatoms. The van der Waals surface area contributed by atoms with Gasteiger partial charge in [0, 0.05) is 36.7 Å². The second-order valence-electron chi connectivity index (χ2n) is 9.47. The van der Waals surface area contributed by atoms with E-state index in [0.717, 1.165) is 25.1 Å². The molecule has 0 saturated carbocycles. The molecule has 2 atom stereocenters. The second-order valence-corrected chi connectivity index (χ2v) is 9.47. The highest BCUT2D eigenvalue weighted by atomic mass is 19.1. The van der Waals surface area contributed by atoms with Gasteiger partial charge in [-0.05, 0) is 39.7 Å². The van der Waals surface area contributed by atoms with E-state index in [1.807, 2.05) is 19.3 Å². The number of aliphatic hydroxyl groups is 1. The van der Waals surface area contributed by atoms with Gasteiger partial charge in [-0.3, -0.25) is 4.68 Å². The predicted octanol–water partition coefficient (Wildman–Crippen LogP) is 2.92. The smallest absolute Gasteiger partial charge is 0.223 e. The summed E-state index contributed by atoms with van der Waals surface area (Å²) < 4.78 is 22.8.